The van der Waals surface area contributed by atoms with E-state index in [1.54, 1.807) is 12.1 Å². The summed E-state index contributed by atoms with van der Waals surface area (Å²) in [5.74, 6) is 0. The molecular weight excluding hydrogens is 391 g/mol. The predicted octanol–water partition coefficient (Wildman–Crippen LogP) is 6.49. The van der Waals surface area contributed by atoms with Crippen LogP contribution in [0.15, 0.2) is 64.4 Å². The first-order valence-electron chi connectivity index (χ1n) is 7.89. The largest absolute Gasteiger partial charge is 0.417 e. The van der Waals surface area contributed by atoms with Crippen LogP contribution in [0, 0.1) is 0 Å². The molecule has 0 fully saturated rings. The van der Waals surface area contributed by atoms with Crippen LogP contribution in [0.2, 0.25) is 0 Å². The molecule has 0 atom stereocenters. The van der Waals surface area contributed by atoms with Crippen LogP contribution < -0.4 is 5.43 Å². The second-order valence-electron chi connectivity index (χ2n) is 5.68. The van der Waals surface area contributed by atoms with Crippen molar-refractivity contribution < 1.29 is 13.2 Å². The van der Waals surface area contributed by atoms with E-state index in [1.807, 2.05) is 35.7 Å². The van der Waals surface area contributed by atoms with Crippen LogP contribution in [0.4, 0.5) is 18.3 Å². The van der Waals surface area contributed by atoms with Gasteiger partial charge in [0.05, 0.1) is 17.5 Å². The van der Waals surface area contributed by atoms with Gasteiger partial charge in [-0.05, 0) is 17.7 Å². The van der Waals surface area contributed by atoms with Crippen molar-refractivity contribution in [3.63, 3.8) is 0 Å². The Morgan fingerprint density at radius 1 is 1.00 bits per heavy atom. The monoisotopic (exact) mass is 403 g/mol. The van der Waals surface area contributed by atoms with E-state index in [2.05, 4.69) is 15.5 Å². The number of anilines is 1. The number of alkyl halides is 3. The van der Waals surface area contributed by atoms with E-state index in [0.717, 1.165) is 28.0 Å². The molecule has 0 saturated carbocycles. The fraction of sp³-hybridized carbons (Fsp3) is 0.0526. The van der Waals surface area contributed by atoms with Gasteiger partial charge < -0.3 is 0 Å². The van der Waals surface area contributed by atoms with Gasteiger partial charge in [0.15, 0.2) is 0 Å². The van der Waals surface area contributed by atoms with Gasteiger partial charge in [-0.2, -0.15) is 18.3 Å². The van der Waals surface area contributed by atoms with E-state index in [0.29, 0.717) is 15.4 Å². The lowest BCUT2D eigenvalue weighted by atomic mass is 10.1. The highest BCUT2D eigenvalue weighted by atomic mass is 32.1. The molecule has 0 unspecified atom stereocenters. The average molecular weight is 403 g/mol. The summed E-state index contributed by atoms with van der Waals surface area (Å²) in [6, 6.07) is 14.7. The highest BCUT2D eigenvalue weighted by molar-refractivity contribution is 7.17. The van der Waals surface area contributed by atoms with Gasteiger partial charge in [0, 0.05) is 26.4 Å². The molecule has 0 saturated heterocycles. The fourth-order valence-electron chi connectivity index (χ4n) is 2.58. The number of hydrogen-bond acceptors (Lipinski definition) is 5. The smallest absolute Gasteiger partial charge is 0.253 e. The summed E-state index contributed by atoms with van der Waals surface area (Å²) in [5.41, 5.74) is 4.64. The molecule has 2 aromatic heterocycles. The van der Waals surface area contributed by atoms with E-state index in [1.165, 1.54) is 23.6 Å². The third-order valence-corrected chi connectivity index (χ3v) is 5.56. The Morgan fingerprint density at radius 2 is 1.81 bits per heavy atom. The van der Waals surface area contributed by atoms with E-state index in [-0.39, 0.29) is 5.39 Å². The van der Waals surface area contributed by atoms with Crippen molar-refractivity contribution in [2.75, 3.05) is 5.43 Å². The second kappa shape index (κ2) is 7.13. The molecule has 8 heteroatoms. The van der Waals surface area contributed by atoms with E-state index >= 15 is 0 Å². The Labute approximate surface area is 160 Å². The number of aromatic nitrogens is 1. The van der Waals surface area contributed by atoms with E-state index < -0.39 is 11.7 Å². The first kappa shape index (κ1) is 17.7. The number of benzene rings is 2. The van der Waals surface area contributed by atoms with E-state index in [4.69, 9.17) is 0 Å². The van der Waals surface area contributed by atoms with Crippen molar-refractivity contribution >= 4 is 44.1 Å². The predicted molar refractivity (Wildman–Crippen MR) is 106 cm³/mol. The number of halogens is 3. The maximum absolute atomic E-state index is 13.1. The van der Waals surface area contributed by atoms with E-state index in [9.17, 15) is 13.2 Å². The Hall–Kier alpha value is -2.71. The Morgan fingerprint density at radius 3 is 2.59 bits per heavy atom. The Balaban J connectivity index is 1.51. The average Bonchev–Trinajstić information content (AvgIpc) is 3.29. The van der Waals surface area contributed by atoms with Gasteiger partial charge in [-0.3, -0.25) is 5.43 Å². The third-order valence-electron chi connectivity index (χ3n) is 3.85. The van der Waals surface area contributed by atoms with Crippen LogP contribution in [0.3, 0.4) is 0 Å². The maximum atomic E-state index is 13.1. The number of thiophene rings is 1. The molecule has 0 amide bonds. The molecule has 0 aliphatic carbocycles. The molecule has 0 aliphatic heterocycles. The number of fused-ring (bicyclic) bond motifs is 1. The van der Waals surface area contributed by atoms with Crippen molar-refractivity contribution in [3.8, 4) is 11.3 Å². The zero-order chi connectivity index (χ0) is 18.9. The second-order valence-corrected chi connectivity index (χ2v) is 7.45. The highest BCUT2D eigenvalue weighted by Gasteiger charge is 2.33. The van der Waals surface area contributed by atoms with Crippen LogP contribution >= 0.6 is 22.7 Å². The first-order chi connectivity index (χ1) is 13.0. The van der Waals surface area contributed by atoms with Crippen molar-refractivity contribution in [2.45, 2.75) is 6.18 Å². The van der Waals surface area contributed by atoms with Gasteiger partial charge in [0.2, 0.25) is 5.13 Å². The van der Waals surface area contributed by atoms with Gasteiger partial charge in [0.1, 0.15) is 0 Å². The van der Waals surface area contributed by atoms with Crippen LogP contribution in [0.25, 0.3) is 21.3 Å². The Bertz CT molecular complexity index is 1100. The van der Waals surface area contributed by atoms with Gasteiger partial charge in [-0.1, -0.05) is 36.4 Å². The topological polar surface area (TPSA) is 37.3 Å². The van der Waals surface area contributed by atoms with Gasteiger partial charge >= 0.3 is 6.18 Å². The number of nitrogens with one attached hydrogen (secondary N) is 1. The lowest BCUT2D eigenvalue weighted by Crippen LogP contribution is -2.03. The number of hydrogen-bond donors (Lipinski definition) is 1. The molecule has 27 heavy (non-hydrogen) atoms. The first-order valence-corrected chi connectivity index (χ1v) is 9.65. The maximum Gasteiger partial charge on any atom is 0.417 e. The van der Waals surface area contributed by atoms with Crippen LogP contribution in [0.1, 0.15) is 11.1 Å². The number of nitrogens with zero attached hydrogens (tertiary/aromatic N) is 2. The zero-order valence-corrected chi connectivity index (χ0v) is 15.3. The fourth-order valence-corrected chi connectivity index (χ4v) is 4.19. The van der Waals surface area contributed by atoms with Crippen LogP contribution in [-0.2, 0) is 6.18 Å². The van der Waals surface area contributed by atoms with Crippen molar-refractivity contribution in [2.24, 2.45) is 5.10 Å². The normalized spacial score (nSPS) is 12.1. The summed E-state index contributed by atoms with van der Waals surface area (Å²) in [4.78, 5) is 4.45. The molecular formula is C19H12F3N3S2. The molecule has 1 N–H and O–H groups in total. The van der Waals surface area contributed by atoms with Gasteiger partial charge in [-0.15, -0.1) is 22.7 Å². The summed E-state index contributed by atoms with van der Waals surface area (Å²) in [7, 11) is 0. The summed E-state index contributed by atoms with van der Waals surface area (Å²) in [6.07, 6.45) is -2.87. The van der Waals surface area contributed by atoms with Crippen LogP contribution in [-0.4, -0.2) is 11.2 Å². The minimum absolute atomic E-state index is 0.192. The lowest BCUT2D eigenvalue weighted by Gasteiger charge is -2.04. The van der Waals surface area contributed by atoms with Gasteiger partial charge in [-0.25, -0.2) is 4.98 Å². The molecule has 3 nitrogen and oxygen atoms in total. The summed E-state index contributed by atoms with van der Waals surface area (Å²) in [5, 5.41) is 7.96. The SMILES string of the molecule is FC(F)(F)c1csc2ccc(C=NNc3nc(-c4ccccc4)cs3)cc12. The standard InChI is InChI=1S/C19H12F3N3S2/c20-19(21,22)15-10-26-17-7-6-12(8-14(15)17)9-23-25-18-24-16(11-27-18)13-4-2-1-3-5-13/h1-11H,(H,24,25). The van der Waals surface area contributed by atoms with Gasteiger partial charge in [0.25, 0.3) is 0 Å². The molecule has 2 aromatic carbocycles. The highest BCUT2D eigenvalue weighted by Crippen LogP contribution is 2.38. The summed E-state index contributed by atoms with van der Waals surface area (Å²) >= 11 is 2.49. The van der Waals surface area contributed by atoms with Crippen molar-refractivity contribution in [3.05, 3.63) is 70.4 Å². The zero-order valence-electron chi connectivity index (χ0n) is 13.7. The molecule has 4 rings (SSSR count). The molecule has 2 heterocycles. The molecule has 136 valence electrons. The van der Waals surface area contributed by atoms with Crippen LogP contribution in [0.5, 0.6) is 0 Å². The molecule has 4 aromatic rings. The minimum Gasteiger partial charge on any atom is -0.253 e. The molecule has 0 spiro atoms. The molecule has 0 bridgehead atoms. The minimum atomic E-state index is -4.36. The quantitative estimate of drug-likeness (QED) is 0.312. The molecule has 0 aliphatic rings. The van der Waals surface area contributed by atoms with Crippen molar-refractivity contribution in [1.29, 1.82) is 0 Å². The van der Waals surface area contributed by atoms with Crippen molar-refractivity contribution in [1.82, 2.24) is 4.98 Å². The lowest BCUT2D eigenvalue weighted by molar-refractivity contribution is -0.136. The Kier molecular flexibility index (Phi) is 4.67. The molecule has 0 radical (unpaired) electrons. The summed E-state index contributed by atoms with van der Waals surface area (Å²) in [6.45, 7) is 0. The third kappa shape index (κ3) is 3.86. The number of hydrazone groups is 1. The summed E-state index contributed by atoms with van der Waals surface area (Å²) < 4.78 is 39.8. The number of thiazole rings is 1. The number of rotatable bonds is 4.